The van der Waals surface area contributed by atoms with Crippen LogP contribution in [0, 0.1) is 10.8 Å². The van der Waals surface area contributed by atoms with Gasteiger partial charge in [0.25, 0.3) is 0 Å². The van der Waals surface area contributed by atoms with E-state index >= 15 is 0 Å². The molecular formula is C30H34. The van der Waals surface area contributed by atoms with Crippen LogP contribution in [0.5, 0.6) is 0 Å². The highest BCUT2D eigenvalue weighted by Gasteiger charge is 2.40. The van der Waals surface area contributed by atoms with Crippen LogP contribution < -0.4 is 0 Å². The van der Waals surface area contributed by atoms with Crippen LogP contribution in [0.1, 0.15) is 64.5 Å². The maximum atomic E-state index is 2.42. The van der Waals surface area contributed by atoms with Gasteiger partial charge in [0.15, 0.2) is 0 Å². The van der Waals surface area contributed by atoms with Gasteiger partial charge in [0.05, 0.1) is 0 Å². The zero-order chi connectivity index (χ0) is 21.5. The molecule has 0 aliphatic rings. The van der Waals surface area contributed by atoms with Crippen molar-refractivity contribution in [2.75, 3.05) is 0 Å². The summed E-state index contributed by atoms with van der Waals surface area (Å²) in [5.41, 5.74) is 3.14. The summed E-state index contributed by atoms with van der Waals surface area (Å²) in [6.07, 6.45) is 0. The minimum Gasteiger partial charge on any atom is -0.0616 e. The summed E-state index contributed by atoms with van der Waals surface area (Å²) < 4.78 is 0. The van der Waals surface area contributed by atoms with E-state index in [9.17, 15) is 0 Å². The maximum Gasteiger partial charge on any atom is -0.00392 e. The van der Waals surface area contributed by atoms with Crippen molar-refractivity contribution in [3.63, 3.8) is 0 Å². The smallest absolute Gasteiger partial charge is 0.00392 e. The zero-order valence-electron chi connectivity index (χ0n) is 19.2. The minimum absolute atomic E-state index is 0.131. The lowest BCUT2D eigenvalue weighted by molar-refractivity contribution is 0.187. The zero-order valence-corrected chi connectivity index (χ0v) is 19.2. The van der Waals surface area contributed by atoms with Crippen molar-refractivity contribution < 1.29 is 0 Å². The van der Waals surface area contributed by atoms with Crippen LogP contribution in [-0.2, 0) is 0 Å². The fourth-order valence-corrected chi connectivity index (χ4v) is 5.19. The Balaban J connectivity index is 1.92. The Hall–Kier alpha value is -2.60. The Labute approximate surface area is 182 Å². The first kappa shape index (κ1) is 20.7. The average molecular weight is 395 g/mol. The molecule has 0 saturated carbocycles. The number of benzene rings is 4. The quantitative estimate of drug-likeness (QED) is 0.325. The third kappa shape index (κ3) is 4.01. The normalized spacial score (nSPS) is 14.7. The summed E-state index contributed by atoms with van der Waals surface area (Å²) in [5, 5.41) is 5.28. The first-order valence-electron chi connectivity index (χ1n) is 11.1. The molecule has 0 N–H and O–H groups in total. The lowest BCUT2D eigenvalue weighted by Gasteiger charge is -2.44. The van der Waals surface area contributed by atoms with Gasteiger partial charge in [-0.15, -0.1) is 0 Å². The van der Waals surface area contributed by atoms with Gasteiger partial charge in [0, 0.05) is 0 Å². The molecule has 2 unspecified atom stereocenters. The fraction of sp³-hybridized carbons (Fsp3) is 0.333. The van der Waals surface area contributed by atoms with E-state index in [1.165, 1.54) is 32.7 Å². The summed E-state index contributed by atoms with van der Waals surface area (Å²) in [7, 11) is 0. The van der Waals surface area contributed by atoms with Crippen molar-refractivity contribution in [1.82, 2.24) is 0 Å². The predicted octanol–water partition coefficient (Wildman–Crippen LogP) is 8.95. The number of hydrogen-bond donors (Lipinski definition) is 0. The fourth-order valence-electron chi connectivity index (χ4n) is 5.19. The highest BCUT2D eigenvalue weighted by Crippen LogP contribution is 2.53. The molecule has 0 nitrogen and oxygen atoms in total. The van der Waals surface area contributed by atoms with Crippen LogP contribution in [0.3, 0.4) is 0 Å². The Morgan fingerprint density at radius 2 is 0.767 bits per heavy atom. The molecule has 154 valence electrons. The number of hydrogen-bond acceptors (Lipinski definition) is 0. The third-order valence-corrected chi connectivity index (χ3v) is 6.46. The van der Waals surface area contributed by atoms with Crippen molar-refractivity contribution in [1.29, 1.82) is 0 Å². The van der Waals surface area contributed by atoms with E-state index in [1.54, 1.807) is 0 Å². The van der Waals surface area contributed by atoms with Crippen LogP contribution >= 0.6 is 0 Å². The van der Waals surface area contributed by atoms with Crippen LogP contribution in [0.4, 0.5) is 0 Å². The first-order valence-corrected chi connectivity index (χ1v) is 11.1. The summed E-state index contributed by atoms with van der Waals surface area (Å²) in [5.74, 6) is 0.812. The van der Waals surface area contributed by atoms with Gasteiger partial charge in [0.1, 0.15) is 0 Å². The lowest BCUT2D eigenvalue weighted by atomic mass is 9.59. The summed E-state index contributed by atoms with van der Waals surface area (Å²) >= 11 is 0. The molecule has 4 aromatic rings. The van der Waals surface area contributed by atoms with Gasteiger partial charge in [-0.3, -0.25) is 0 Å². The molecule has 0 aromatic heterocycles. The molecule has 0 aliphatic carbocycles. The average Bonchev–Trinajstić information content (AvgIpc) is 2.69. The van der Waals surface area contributed by atoms with Crippen LogP contribution in [0.15, 0.2) is 84.9 Å². The van der Waals surface area contributed by atoms with E-state index in [4.69, 9.17) is 0 Å². The van der Waals surface area contributed by atoms with Gasteiger partial charge in [-0.25, -0.2) is 0 Å². The molecule has 0 spiro atoms. The van der Waals surface area contributed by atoms with Crippen molar-refractivity contribution in [3.05, 3.63) is 96.1 Å². The predicted molar refractivity (Wildman–Crippen MR) is 132 cm³/mol. The monoisotopic (exact) mass is 394 g/mol. The van der Waals surface area contributed by atoms with Crippen molar-refractivity contribution in [3.8, 4) is 0 Å². The Morgan fingerprint density at radius 1 is 0.433 bits per heavy atom. The molecule has 0 heterocycles. The molecule has 0 bridgehead atoms. The van der Waals surface area contributed by atoms with Crippen LogP contribution in [-0.4, -0.2) is 0 Å². The third-order valence-electron chi connectivity index (χ3n) is 6.46. The standard InChI is InChI=1S/C30H34/c1-29(2,3)27(25-17-15-21-11-7-9-13-23(21)19-25)28(30(4,5)6)26-18-16-22-12-8-10-14-24(22)20-26/h7-20,27-28H,1-6H3. The molecule has 0 aliphatic heterocycles. The largest absolute Gasteiger partial charge is 0.0616 e. The van der Waals surface area contributed by atoms with Gasteiger partial charge < -0.3 is 0 Å². The molecule has 2 atom stereocenters. The molecule has 30 heavy (non-hydrogen) atoms. The summed E-state index contributed by atoms with van der Waals surface area (Å²) in [6.45, 7) is 14.4. The van der Waals surface area contributed by atoms with Crippen molar-refractivity contribution >= 4 is 21.5 Å². The molecule has 0 fully saturated rings. The molecule has 0 heteroatoms. The highest BCUT2D eigenvalue weighted by atomic mass is 14.4. The second kappa shape index (κ2) is 7.58. The van der Waals surface area contributed by atoms with Gasteiger partial charge in [-0.05, 0) is 55.3 Å². The molecule has 4 rings (SSSR count). The van der Waals surface area contributed by atoms with Crippen molar-refractivity contribution in [2.24, 2.45) is 10.8 Å². The second-order valence-corrected chi connectivity index (χ2v) is 10.9. The van der Waals surface area contributed by atoms with E-state index in [0.717, 1.165) is 0 Å². The number of rotatable bonds is 3. The van der Waals surface area contributed by atoms with E-state index in [0.29, 0.717) is 11.8 Å². The van der Waals surface area contributed by atoms with E-state index in [-0.39, 0.29) is 10.8 Å². The van der Waals surface area contributed by atoms with Crippen LogP contribution in [0.25, 0.3) is 21.5 Å². The van der Waals surface area contributed by atoms with Crippen LogP contribution in [0.2, 0.25) is 0 Å². The Morgan fingerprint density at radius 3 is 1.10 bits per heavy atom. The maximum absolute atomic E-state index is 2.42. The molecule has 4 aromatic carbocycles. The topological polar surface area (TPSA) is 0 Å². The van der Waals surface area contributed by atoms with Gasteiger partial charge in [-0.1, -0.05) is 126 Å². The Kier molecular flexibility index (Phi) is 5.22. The molecule has 0 saturated heterocycles. The van der Waals surface area contributed by atoms with Gasteiger partial charge in [-0.2, -0.15) is 0 Å². The van der Waals surface area contributed by atoms with Crippen molar-refractivity contribution in [2.45, 2.75) is 53.4 Å². The summed E-state index contributed by atoms with van der Waals surface area (Å²) in [4.78, 5) is 0. The van der Waals surface area contributed by atoms with E-state index in [1.807, 2.05) is 0 Å². The SMILES string of the molecule is CC(C)(C)C(c1ccc2ccccc2c1)C(c1ccc2ccccc2c1)C(C)(C)C. The molecular weight excluding hydrogens is 360 g/mol. The molecule has 0 amide bonds. The van der Waals surface area contributed by atoms with E-state index in [2.05, 4.69) is 126 Å². The summed E-state index contributed by atoms with van der Waals surface area (Å²) in [6, 6.07) is 31.6. The molecule has 0 radical (unpaired) electrons. The van der Waals surface area contributed by atoms with Gasteiger partial charge >= 0.3 is 0 Å². The number of fused-ring (bicyclic) bond motifs is 2. The van der Waals surface area contributed by atoms with E-state index < -0.39 is 0 Å². The Bertz CT molecular complexity index is 1070. The lowest BCUT2D eigenvalue weighted by Crippen LogP contribution is -2.32. The first-order chi connectivity index (χ1) is 14.1. The highest BCUT2D eigenvalue weighted by molar-refractivity contribution is 5.84. The van der Waals surface area contributed by atoms with Gasteiger partial charge in [0.2, 0.25) is 0 Å². The second-order valence-electron chi connectivity index (χ2n) is 10.9. The minimum atomic E-state index is 0.131.